The number of phenolic OH excluding ortho intramolecular Hbond substituents is 1. The monoisotopic (exact) mass is 661 g/mol. The van der Waals surface area contributed by atoms with Gasteiger partial charge in [0.15, 0.2) is 0 Å². The molecule has 3 N–H and O–H groups in total. The van der Waals surface area contributed by atoms with Crippen LogP contribution in [0.15, 0.2) is 81.1 Å². The summed E-state index contributed by atoms with van der Waals surface area (Å²) < 4.78 is 32.5. The summed E-state index contributed by atoms with van der Waals surface area (Å²) in [5, 5.41) is 31.6. The number of cyclic esters (lactones) is 1. The van der Waals surface area contributed by atoms with Crippen LogP contribution in [0.3, 0.4) is 0 Å². The highest BCUT2D eigenvalue weighted by atomic mass is 32.2. The average molecular weight is 662 g/mol. The van der Waals surface area contributed by atoms with E-state index in [9.17, 15) is 23.4 Å². The number of thioether (sulfide) groups is 1. The second kappa shape index (κ2) is 12.7. The zero-order valence-corrected chi connectivity index (χ0v) is 28.3. The number of rotatable bonds is 9. The van der Waals surface area contributed by atoms with Crippen molar-refractivity contribution in [3.63, 3.8) is 0 Å². The van der Waals surface area contributed by atoms with E-state index in [0.717, 1.165) is 27.3 Å². The predicted octanol–water partition coefficient (Wildman–Crippen LogP) is 6.65. The fourth-order valence-corrected chi connectivity index (χ4v) is 8.10. The standard InChI is InChI=1S/C35H39N3O6S2/c1-22(2)35(16-14-23-6-10-26(39)11-7-23)20-30(40)32(33(41)44-35)45-31-18-25-15-17-38(29(25)19-28(31)34(3,4)5)37-46(42,43)27-12-8-24(21-36)9-13-27/h6-13,18-19,22,37,39-40H,14-17,20H2,1-5H3. The number of ether oxygens (including phenoxy) is 1. The van der Waals surface area contributed by atoms with Crippen LogP contribution in [0, 0.1) is 17.2 Å². The Hall–Kier alpha value is -3.98. The number of esters is 1. The summed E-state index contributed by atoms with van der Waals surface area (Å²) in [6.07, 6.45) is 1.90. The number of fused-ring (bicyclic) bond motifs is 1. The Labute approximate surface area is 274 Å². The highest BCUT2D eigenvalue weighted by Crippen LogP contribution is 2.47. The number of carbonyl (C=O) groups is 1. The molecule has 9 nitrogen and oxygen atoms in total. The van der Waals surface area contributed by atoms with Crippen LogP contribution >= 0.6 is 11.8 Å². The molecule has 3 aromatic carbocycles. The van der Waals surface area contributed by atoms with Gasteiger partial charge in [0.25, 0.3) is 10.0 Å². The van der Waals surface area contributed by atoms with E-state index in [1.165, 1.54) is 36.0 Å². The lowest BCUT2D eigenvalue weighted by Crippen LogP contribution is -2.44. The second-order valence-electron chi connectivity index (χ2n) is 13.2. The number of hydrogen-bond donors (Lipinski definition) is 3. The number of aryl methyl sites for hydroxylation is 1. The number of aliphatic hydroxyl groups excluding tert-OH is 1. The number of phenols is 1. The Balaban J connectivity index is 1.41. The number of nitriles is 1. The molecule has 3 aromatic rings. The van der Waals surface area contributed by atoms with Gasteiger partial charge in [-0.1, -0.05) is 58.5 Å². The van der Waals surface area contributed by atoms with Gasteiger partial charge in [0.2, 0.25) is 0 Å². The first-order chi connectivity index (χ1) is 21.6. The van der Waals surface area contributed by atoms with Crippen LogP contribution in [-0.2, 0) is 37.8 Å². The summed E-state index contributed by atoms with van der Waals surface area (Å²) in [5.41, 5.74) is 2.65. The third kappa shape index (κ3) is 6.89. The number of hydrazine groups is 1. The summed E-state index contributed by atoms with van der Waals surface area (Å²) in [6, 6.07) is 18.6. The smallest absolute Gasteiger partial charge is 0.349 e. The maximum atomic E-state index is 13.6. The van der Waals surface area contributed by atoms with Gasteiger partial charge >= 0.3 is 5.97 Å². The number of nitrogens with zero attached hydrogens (tertiary/aromatic N) is 2. The quantitative estimate of drug-likeness (QED) is 0.215. The molecule has 1 unspecified atom stereocenters. The molecular formula is C35H39N3O6S2. The van der Waals surface area contributed by atoms with E-state index in [-0.39, 0.29) is 39.1 Å². The van der Waals surface area contributed by atoms with E-state index in [1.54, 1.807) is 17.1 Å². The van der Waals surface area contributed by atoms with Crippen molar-refractivity contribution < 1.29 is 28.2 Å². The number of benzene rings is 3. The highest BCUT2D eigenvalue weighted by Gasteiger charge is 2.45. The van der Waals surface area contributed by atoms with Crippen molar-refractivity contribution in [3.8, 4) is 11.8 Å². The number of carbonyl (C=O) groups excluding carboxylic acids is 1. The molecule has 46 heavy (non-hydrogen) atoms. The fourth-order valence-electron chi connectivity index (χ4n) is 5.81. The summed E-state index contributed by atoms with van der Waals surface area (Å²) >= 11 is 1.19. The minimum Gasteiger partial charge on any atom is -0.511 e. The maximum absolute atomic E-state index is 13.6. The summed E-state index contributed by atoms with van der Waals surface area (Å²) in [7, 11) is -3.90. The minimum atomic E-state index is -3.90. The van der Waals surface area contributed by atoms with Crippen LogP contribution in [-0.4, -0.2) is 36.7 Å². The van der Waals surface area contributed by atoms with Crippen molar-refractivity contribution in [2.75, 3.05) is 11.6 Å². The van der Waals surface area contributed by atoms with E-state index >= 15 is 0 Å². The van der Waals surface area contributed by atoms with E-state index in [2.05, 4.69) is 4.83 Å². The van der Waals surface area contributed by atoms with Gasteiger partial charge in [-0.05, 0) is 95.8 Å². The maximum Gasteiger partial charge on any atom is 0.349 e. The van der Waals surface area contributed by atoms with E-state index in [1.807, 2.05) is 65.0 Å². The van der Waals surface area contributed by atoms with Crippen molar-refractivity contribution in [2.24, 2.45) is 5.92 Å². The molecular weight excluding hydrogens is 623 g/mol. The van der Waals surface area contributed by atoms with Gasteiger partial charge in [-0.3, -0.25) is 5.01 Å². The molecule has 0 bridgehead atoms. The predicted molar refractivity (Wildman–Crippen MR) is 178 cm³/mol. The van der Waals surface area contributed by atoms with Gasteiger partial charge in [-0.2, -0.15) is 5.26 Å². The molecule has 0 radical (unpaired) electrons. The van der Waals surface area contributed by atoms with Crippen LogP contribution < -0.4 is 9.84 Å². The van der Waals surface area contributed by atoms with Crippen LogP contribution in [0.4, 0.5) is 5.69 Å². The summed E-state index contributed by atoms with van der Waals surface area (Å²) in [4.78, 5) is 17.3. The van der Waals surface area contributed by atoms with Crippen LogP contribution in [0.25, 0.3) is 0 Å². The number of aromatic hydroxyl groups is 1. The number of nitrogens with one attached hydrogen (secondary N) is 1. The lowest BCUT2D eigenvalue weighted by Gasteiger charge is -2.40. The topological polar surface area (TPSA) is 140 Å². The molecule has 242 valence electrons. The zero-order valence-electron chi connectivity index (χ0n) is 26.6. The molecule has 0 amide bonds. The average Bonchev–Trinajstić information content (AvgIpc) is 3.38. The van der Waals surface area contributed by atoms with E-state index in [4.69, 9.17) is 10.00 Å². The van der Waals surface area contributed by atoms with E-state index < -0.39 is 21.6 Å². The summed E-state index contributed by atoms with van der Waals surface area (Å²) in [6.45, 7) is 10.5. The van der Waals surface area contributed by atoms with Crippen molar-refractivity contribution in [3.05, 3.63) is 93.6 Å². The molecule has 0 aliphatic carbocycles. The van der Waals surface area contributed by atoms with Gasteiger partial charge in [0, 0.05) is 17.9 Å². The molecule has 0 saturated carbocycles. The molecule has 1 atom stereocenters. The molecule has 2 heterocycles. The molecule has 5 rings (SSSR count). The van der Waals surface area contributed by atoms with Crippen molar-refractivity contribution in [2.45, 2.75) is 81.1 Å². The summed E-state index contributed by atoms with van der Waals surface area (Å²) in [5.74, 6) is -0.429. The number of anilines is 1. The normalized spacial score (nSPS) is 18.5. The Morgan fingerprint density at radius 2 is 1.76 bits per heavy atom. The molecule has 11 heteroatoms. The minimum absolute atomic E-state index is 0.00202. The van der Waals surface area contributed by atoms with E-state index in [0.29, 0.717) is 31.4 Å². The first-order valence-electron chi connectivity index (χ1n) is 15.2. The van der Waals surface area contributed by atoms with Crippen molar-refractivity contribution >= 4 is 33.4 Å². The zero-order chi connectivity index (χ0) is 33.4. The largest absolute Gasteiger partial charge is 0.511 e. The van der Waals surface area contributed by atoms with Gasteiger partial charge in [-0.15, -0.1) is 4.83 Å². The first kappa shape index (κ1) is 33.4. The molecule has 0 spiro atoms. The SMILES string of the molecule is CC(C)C1(CCc2ccc(O)cc2)CC(O)=C(Sc2cc3c(cc2C(C)(C)C)N(NS(=O)(=O)c2ccc(C#N)cc2)CC3)C(=O)O1. The molecule has 2 aliphatic rings. The van der Waals surface area contributed by atoms with Gasteiger partial charge < -0.3 is 14.9 Å². The van der Waals surface area contributed by atoms with Gasteiger partial charge in [0.1, 0.15) is 22.0 Å². The third-order valence-corrected chi connectivity index (χ3v) is 11.2. The number of sulfonamides is 1. The Kier molecular flexibility index (Phi) is 9.19. The Morgan fingerprint density at radius 1 is 1.09 bits per heavy atom. The Morgan fingerprint density at radius 3 is 2.35 bits per heavy atom. The third-order valence-electron chi connectivity index (χ3n) is 8.66. The number of aliphatic hydroxyl groups is 1. The second-order valence-corrected chi connectivity index (χ2v) is 15.9. The molecule has 0 saturated heterocycles. The van der Waals surface area contributed by atoms with Crippen LogP contribution in [0.2, 0.25) is 0 Å². The van der Waals surface area contributed by atoms with Crippen molar-refractivity contribution in [1.29, 1.82) is 5.26 Å². The van der Waals surface area contributed by atoms with Crippen molar-refractivity contribution in [1.82, 2.24) is 4.83 Å². The van der Waals surface area contributed by atoms with Crippen LogP contribution in [0.5, 0.6) is 5.75 Å². The fraction of sp³-hybridized carbons (Fsp3) is 0.371. The number of hydrogen-bond acceptors (Lipinski definition) is 9. The van der Waals surface area contributed by atoms with Gasteiger partial charge in [0.05, 0.1) is 22.2 Å². The van der Waals surface area contributed by atoms with Gasteiger partial charge in [-0.25, -0.2) is 13.2 Å². The molecule has 0 aromatic heterocycles. The molecule has 0 fully saturated rings. The lowest BCUT2D eigenvalue weighted by molar-refractivity contribution is -0.164. The first-order valence-corrected chi connectivity index (χ1v) is 17.5. The lowest BCUT2D eigenvalue weighted by atomic mass is 9.80. The highest BCUT2D eigenvalue weighted by molar-refractivity contribution is 8.04. The molecule has 2 aliphatic heterocycles. The Bertz CT molecular complexity index is 1820. The van der Waals surface area contributed by atoms with Crippen LogP contribution in [0.1, 0.15) is 69.7 Å².